The average molecular weight is 228 g/mol. The summed E-state index contributed by atoms with van der Waals surface area (Å²) in [7, 11) is 0. The van der Waals surface area contributed by atoms with Gasteiger partial charge in [0.05, 0.1) is 18.0 Å². The third kappa shape index (κ3) is 2.78. The van der Waals surface area contributed by atoms with Crippen LogP contribution in [0.25, 0.3) is 0 Å². The largest absolute Gasteiger partial charge is 0.481 e. The molecule has 0 aromatic carbocycles. The van der Waals surface area contributed by atoms with Crippen molar-refractivity contribution >= 4 is 5.97 Å². The van der Waals surface area contributed by atoms with Gasteiger partial charge in [0.1, 0.15) is 6.26 Å². The van der Waals surface area contributed by atoms with Crippen LogP contribution >= 0.6 is 0 Å². The summed E-state index contributed by atoms with van der Waals surface area (Å²) in [5.74, 6) is -1.84. The number of carbonyl (C=O) groups is 1. The molecule has 0 radical (unpaired) electrons. The van der Waals surface area contributed by atoms with Crippen molar-refractivity contribution in [3.63, 3.8) is 0 Å². The van der Waals surface area contributed by atoms with Crippen molar-refractivity contribution in [1.82, 2.24) is 4.98 Å². The van der Waals surface area contributed by atoms with Crippen LogP contribution in [0.15, 0.2) is 17.1 Å². The number of rotatable bonds is 6. The number of nitro groups is 1. The quantitative estimate of drug-likeness (QED) is 0.580. The lowest BCUT2D eigenvalue weighted by molar-refractivity contribution is -0.527. The number of oxazole rings is 1. The molecule has 1 aromatic heterocycles. The van der Waals surface area contributed by atoms with Crippen LogP contribution in [0.4, 0.5) is 0 Å². The van der Waals surface area contributed by atoms with E-state index in [0.29, 0.717) is 5.69 Å². The molecule has 1 N–H and O–H groups in total. The first-order valence-corrected chi connectivity index (χ1v) is 4.79. The van der Waals surface area contributed by atoms with E-state index in [1.54, 1.807) is 6.92 Å². The first-order chi connectivity index (χ1) is 7.56. The monoisotopic (exact) mass is 228 g/mol. The van der Waals surface area contributed by atoms with Crippen LogP contribution in [0.3, 0.4) is 0 Å². The van der Waals surface area contributed by atoms with Crippen molar-refractivity contribution < 1.29 is 19.2 Å². The number of carboxylic acid groups (broad SMARTS) is 1. The van der Waals surface area contributed by atoms with E-state index in [1.807, 2.05) is 0 Å². The fourth-order valence-electron chi connectivity index (χ4n) is 1.61. The lowest BCUT2D eigenvalue weighted by atomic mass is 9.92. The second-order valence-electron chi connectivity index (χ2n) is 3.38. The van der Waals surface area contributed by atoms with Gasteiger partial charge in [-0.2, -0.15) is 0 Å². The minimum absolute atomic E-state index is 0.248. The van der Waals surface area contributed by atoms with Gasteiger partial charge in [-0.15, -0.1) is 0 Å². The Balaban J connectivity index is 2.94. The van der Waals surface area contributed by atoms with E-state index < -0.39 is 22.9 Å². The molecule has 0 aliphatic heterocycles. The highest BCUT2D eigenvalue weighted by Crippen LogP contribution is 2.25. The van der Waals surface area contributed by atoms with Gasteiger partial charge < -0.3 is 9.52 Å². The van der Waals surface area contributed by atoms with Crippen LogP contribution in [0.2, 0.25) is 0 Å². The summed E-state index contributed by atoms with van der Waals surface area (Å²) in [5, 5.41) is 19.5. The maximum atomic E-state index is 10.8. The predicted octanol–water partition coefficient (Wildman–Crippen LogP) is 1.29. The Morgan fingerprint density at radius 2 is 2.44 bits per heavy atom. The van der Waals surface area contributed by atoms with E-state index in [4.69, 9.17) is 9.52 Å². The van der Waals surface area contributed by atoms with Crippen molar-refractivity contribution in [2.45, 2.75) is 31.7 Å². The van der Waals surface area contributed by atoms with Gasteiger partial charge in [0.2, 0.25) is 6.04 Å². The molecule has 0 saturated carbocycles. The molecule has 7 heteroatoms. The van der Waals surface area contributed by atoms with Crippen LogP contribution in [-0.2, 0) is 4.79 Å². The molecule has 88 valence electrons. The minimum Gasteiger partial charge on any atom is -0.481 e. The summed E-state index contributed by atoms with van der Waals surface area (Å²) >= 11 is 0. The van der Waals surface area contributed by atoms with Crippen LogP contribution < -0.4 is 0 Å². The molecule has 0 amide bonds. The zero-order valence-corrected chi connectivity index (χ0v) is 8.70. The molecule has 2 atom stereocenters. The highest BCUT2D eigenvalue weighted by atomic mass is 16.6. The second-order valence-corrected chi connectivity index (χ2v) is 3.38. The molecular formula is C9H12N2O5. The lowest BCUT2D eigenvalue weighted by Crippen LogP contribution is -2.29. The summed E-state index contributed by atoms with van der Waals surface area (Å²) < 4.78 is 4.72. The van der Waals surface area contributed by atoms with Gasteiger partial charge in [0.15, 0.2) is 6.39 Å². The maximum absolute atomic E-state index is 10.8. The van der Waals surface area contributed by atoms with Crippen molar-refractivity contribution in [2.24, 2.45) is 0 Å². The molecular weight excluding hydrogens is 216 g/mol. The Labute approximate surface area is 91.2 Å². The summed E-state index contributed by atoms with van der Waals surface area (Å²) in [6.07, 6.45) is 2.31. The summed E-state index contributed by atoms with van der Waals surface area (Å²) in [4.78, 5) is 24.8. The van der Waals surface area contributed by atoms with Gasteiger partial charge in [-0.1, -0.05) is 6.92 Å². The predicted molar refractivity (Wildman–Crippen MR) is 52.6 cm³/mol. The molecule has 0 aliphatic carbocycles. The fraction of sp³-hybridized carbons (Fsp3) is 0.556. The van der Waals surface area contributed by atoms with Gasteiger partial charge in [0.25, 0.3) is 0 Å². The zero-order chi connectivity index (χ0) is 12.1. The van der Waals surface area contributed by atoms with E-state index in [1.165, 1.54) is 6.26 Å². The smallest absolute Gasteiger partial charge is 0.304 e. The van der Waals surface area contributed by atoms with Gasteiger partial charge in [0, 0.05) is 11.3 Å². The Hall–Kier alpha value is -1.92. The third-order valence-corrected chi connectivity index (χ3v) is 2.38. The molecule has 0 saturated heterocycles. The molecule has 1 aromatic rings. The highest BCUT2D eigenvalue weighted by molar-refractivity contribution is 5.68. The molecule has 0 spiro atoms. The minimum atomic E-state index is -1.09. The topological polar surface area (TPSA) is 106 Å². The van der Waals surface area contributed by atoms with E-state index in [0.717, 1.165) is 6.39 Å². The molecule has 7 nitrogen and oxygen atoms in total. The number of carboxylic acids is 1. The lowest BCUT2D eigenvalue weighted by Gasteiger charge is -2.15. The zero-order valence-electron chi connectivity index (χ0n) is 8.70. The number of aliphatic carboxylic acids is 1. The Bertz CT molecular complexity index is 362. The molecule has 16 heavy (non-hydrogen) atoms. The van der Waals surface area contributed by atoms with E-state index in [-0.39, 0.29) is 12.8 Å². The summed E-state index contributed by atoms with van der Waals surface area (Å²) in [6, 6.07) is -0.957. The SMILES string of the molecule is CCC(C(CC(=O)O)c1cocn1)[N+](=O)[O-]. The maximum Gasteiger partial charge on any atom is 0.304 e. The van der Waals surface area contributed by atoms with Crippen LogP contribution in [0.1, 0.15) is 31.4 Å². The molecule has 2 unspecified atom stereocenters. The van der Waals surface area contributed by atoms with Gasteiger partial charge in [-0.3, -0.25) is 14.9 Å². The Kier molecular flexibility index (Phi) is 3.98. The van der Waals surface area contributed by atoms with E-state index in [2.05, 4.69) is 4.98 Å². The second kappa shape index (κ2) is 5.24. The standard InChI is InChI=1S/C9H12N2O5/c1-2-8(11(14)15)6(3-9(12)13)7-4-16-5-10-7/h4-6,8H,2-3H2,1H3,(H,12,13). The fourth-order valence-corrected chi connectivity index (χ4v) is 1.61. The first-order valence-electron chi connectivity index (χ1n) is 4.79. The number of nitrogens with zero attached hydrogens (tertiary/aromatic N) is 2. The summed E-state index contributed by atoms with van der Waals surface area (Å²) in [5.41, 5.74) is 0.311. The number of hydrogen-bond donors (Lipinski definition) is 1. The number of aromatic nitrogens is 1. The normalized spacial score (nSPS) is 14.3. The summed E-state index contributed by atoms with van der Waals surface area (Å²) in [6.45, 7) is 1.64. The number of hydrogen-bond acceptors (Lipinski definition) is 5. The van der Waals surface area contributed by atoms with Crippen LogP contribution in [-0.4, -0.2) is 27.0 Å². The van der Waals surface area contributed by atoms with Crippen molar-refractivity contribution in [1.29, 1.82) is 0 Å². The molecule has 1 heterocycles. The van der Waals surface area contributed by atoms with Gasteiger partial charge >= 0.3 is 5.97 Å². The van der Waals surface area contributed by atoms with Crippen molar-refractivity contribution in [2.75, 3.05) is 0 Å². The van der Waals surface area contributed by atoms with Crippen molar-refractivity contribution in [3.8, 4) is 0 Å². The molecule has 0 aliphatic rings. The van der Waals surface area contributed by atoms with Gasteiger partial charge in [-0.25, -0.2) is 4.98 Å². The molecule has 0 bridgehead atoms. The van der Waals surface area contributed by atoms with Crippen LogP contribution in [0.5, 0.6) is 0 Å². The highest BCUT2D eigenvalue weighted by Gasteiger charge is 2.34. The first kappa shape index (κ1) is 12.2. The van der Waals surface area contributed by atoms with Crippen molar-refractivity contribution in [3.05, 3.63) is 28.5 Å². The average Bonchev–Trinajstić information content (AvgIpc) is 2.68. The molecule has 0 fully saturated rings. The van der Waals surface area contributed by atoms with Gasteiger partial charge in [-0.05, 0) is 0 Å². The third-order valence-electron chi connectivity index (χ3n) is 2.38. The molecule has 1 rings (SSSR count). The van der Waals surface area contributed by atoms with Crippen LogP contribution in [0, 0.1) is 10.1 Å². The Morgan fingerprint density at radius 3 is 2.81 bits per heavy atom. The Morgan fingerprint density at radius 1 is 1.75 bits per heavy atom. The van der Waals surface area contributed by atoms with E-state index in [9.17, 15) is 14.9 Å². The van der Waals surface area contributed by atoms with E-state index >= 15 is 0 Å².